The van der Waals surface area contributed by atoms with Crippen molar-refractivity contribution < 1.29 is 9.53 Å². The van der Waals surface area contributed by atoms with Crippen molar-refractivity contribution in [3.05, 3.63) is 82.5 Å². The molecule has 1 saturated carbocycles. The lowest BCUT2D eigenvalue weighted by Crippen LogP contribution is -2.41. The van der Waals surface area contributed by atoms with E-state index >= 15 is 0 Å². The van der Waals surface area contributed by atoms with Gasteiger partial charge in [0, 0.05) is 24.3 Å². The van der Waals surface area contributed by atoms with Crippen LogP contribution in [-0.2, 0) is 17.9 Å². The predicted octanol–water partition coefficient (Wildman–Crippen LogP) is 5.00. The fraction of sp³-hybridized carbons (Fsp3) is 0.455. The molecular weight excluding hydrogens is 498 g/mol. The number of ether oxygens (including phenoxy) is 1. The molecule has 2 aliphatic rings. The molecule has 40 heavy (non-hydrogen) atoms. The molecule has 7 nitrogen and oxygen atoms in total. The Morgan fingerprint density at radius 2 is 1.82 bits per heavy atom. The van der Waals surface area contributed by atoms with Gasteiger partial charge in [0.15, 0.2) is 0 Å². The lowest BCUT2D eigenvalue weighted by molar-refractivity contribution is 0.0272. The Morgan fingerprint density at radius 3 is 2.62 bits per heavy atom. The van der Waals surface area contributed by atoms with Gasteiger partial charge in [-0.2, -0.15) is 0 Å². The number of nitrogens with zero attached hydrogens (tertiary/aromatic N) is 2. The molecule has 2 atom stereocenters. The standard InChI is InChI=1S/C33H43N5O2/c1-22-10-11-25(16-23(22)2)21-40-31-9-5-8-30(31)37-33(39)29-18-27(20-36-32(29)34)26-7-4-6-24(17-26)19-35-28-12-14-38(3)15-13-28/h4,6-7,10-11,16-18,20,28,30-31,35H,5,8-9,12-15,19,21H2,1-3H3,(H2,34,36)(H,37,39)/t30-,31-/m0/s1. The highest BCUT2D eigenvalue weighted by molar-refractivity contribution is 5.99. The van der Waals surface area contributed by atoms with Crippen LogP contribution in [0.25, 0.3) is 11.1 Å². The van der Waals surface area contributed by atoms with E-state index in [4.69, 9.17) is 10.5 Å². The molecule has 7 heteroatoms. The maximum Gasteiger partial charge on any atom is 0.255 e. The average molecular weight is 542 g/mol. The number of hydrogen-bond donors (Lipinski definition) is 3. The van der Waals surface area contributed by atoms with Crippen LogP contribution in [0.15, 0.2) is 54.7 Å². The van der Waals surface area contributed by atoms with Crippen LogP contribution in [0, 0.1) is 13.8 Å². The second-order valence-electron chi connectivity index (χ2n) is 11.6. The van der Waals surface area contributed by atoms with Crippen LogP contribution < -0.4 is 16.4 Å². The molecule has 5 rings (SSSR count). The number of benzene rings is 2. The van der Waals surface area contributed by atoms with Gasteiger partial charge >= 0.3 is 0 Å². The van der Waals surface area contributed by atoms with Gasteiger partial charge in [-0.25, -0.2) is 4.98 Å². The minimum atomic E-state index is -0.196. The van der Waals surface area contributed by atoms with Gasteiger partial charge in [-0.05, 0) is 106 Å². The Kier molecular flexibility index (Phi) is 9.15. The Morgan fingerprint density at radius 1 is 1.00 bits per heavy atom. The molecule has 4 N–H and O–H groups in total. The van der Waals surface area contributed by atoms with Crippen LogP contribution >= 0.6 is 0 Å². The second kappa shape index (κ2) is 12.9. The van der Waals surface area contributed by atoms with Crippen LogP contribution in [0.3, 0.4) is 0 Å². The normalized spacial score (nSPS) is 20.1. The first kappa shape index (κ1) is 28.3. The van der Waals surface area contributed by atoms with Crippen molar-refractivity contribution in [3.63, 3.8) is 0 Å². The predicted molar refractivity (Wildman–Crippen MR) is 161 cm³/mol. The molecule has 2 fully saturated rings. The number of nitrogens with one attached hydrogen (secondary N) is 2. The zero-order valence-electron chi connectivity index (χ0n) is 24.1. The van der Waals surface area contributed by atoms with Gasteiger partial charge in [0.25, 0.3) is 5.91 Å². The number of amides is 1. The highest BCUT2D eigenvalue weighted by atomic mass is 16.5. The molecule has 0 unspecified atom stereocenters. The molecule has 0 spiro atoms. The first-order valence-electron chi connectivity index (χ1n) is 14.6. The first-order valence-corrected chi connectivity index (χ1v) is 14.6. The molecule has 1 saturated heterocycles. The number of nitrogens with two attached hydrogens (primary N) is 1. The van der Waals surface area contributed by atoms with E-state index < -0.39 is 0 Å². The number of carbonyl (C=O) groups excluding carboxylic acids is 1. The van der Waals surface area contributed by atoms with E-state index in [0.717, 1.165) is 55.6 Å². The number of pyridine rings is 1. The molecule has 0 bridgehead atoms. The Hall–Kier alpha value is -3.26. The van der Waals surface area contributed by atoms with E-state index in [1.807, 2.05) is 6.07 Å². The zero-order valence-corrected chi connectivity index (χ0v) is 24.1. The maximum absolute atomic E-state index is 13.4. The van der Waals surface area contributed by atoms with E-state index in [0.29, 0.717) is 18.2 Å². The monoisotopic (exact) mass is 541 g/mol. The van der Waals surface area contributed by atoms with Gasteiger partial charge in [-0.15, -0.1) is 0 Å². The number of rotatable bonds is 9. The Bertz CT molecular complexity index is 1320. The van der Waals surface area contributed by atoms with Crippen LogP contribution in [0.2, 0.25) is 0 Å². The minimum absolute atomic E-state index is 0.0170. The SMILES string of the molecule is Cc1ccc(CO[C@H]2CCC[C@@H]2NC(=O)c2cc(-c3cccc(CNC4CCN(C)CC4)c3)cnc2N)cc1C. The molecule has 2 aromatic carbocycles. The molecule has 212 valence electrons. The van der Waals surface area contributed by atoms with E-state index in [-0.39, 0.29) is 23.9 Å². The molecule has 2 heterocycles. The molecule has 1 aliphatic carbocycles. The van der Waals surface area contributed by atoms with Crippen molar-refractivity contribution in [2.45, 2.75) is 77.3 Å². The Balaban J connectivity index is 1.21. The first-order chi connectivity index (χ1) is 19.4. The summed E-state index contributed by atoms with van der Waals surface area (Å²) >= 11 is 0. The van der Waals surface area contributed by atoms with Crippen molar-refractivity contribution in [2.24, 2.45) is 0 Å². The molecular formula is C33H43N5O2. The van der Waals surface area contributed by atoms with Crippen molar-refractivity contribution >= 4 is 11.7 Å². The van der Waals surface area contributed by atoms with Crippen molar-refractivity contribution in [2.75, 3.05) is 25.9 Å². The van der Waals surface area contributed by atoms with Crippen molar-refractivity contribution in [1.29, 1.82) is 0 Å². The highest BCUT2D eigenvalue weighted by Gasteiger charge is 2.30. The summed E-state index contributed by atoms with van der Waals surface area (Å²) in [5.41, 5.74) is 13.4. The summed E-state index contributed by atoms with van der Waals surface area (Å²) in [6, 6.07) is 17.2. The van der Waals surface area contributed by atoms with E-state index in [9.17, 15) is 4.79 Å². The van der Waals surface area contributed by atoms with Crippen molar-refractivity contribution in [3.8, 4) is 11.1 Å². The van der Waals surface area contributed by atoms with E-state index in [1.165, 1.54) is 29.5 Å². The molecule has 1 amide bonds. The van der Waals surface area contributed by atoms with E-state index in [2.05, 4.69) is 83.9 Å². The lowest BCUT2D eigenvalue weighted by Gasteiger charge is -2.29. The summed E-state index contributed by atoms with van der Waals surface area (Å²) in [5.74, 6) is 0.0468. The number of piperidine rings is 1. The largest absolute Gasteiger partial charge is 0.383 e. The molecule has 1 aliphatic heterocycles. The van der Waals surface area contributed by atoms with E-state index in [1.54, 1.807) is 6.20 Å². The number of nitrogen functional groups attached to an aromatic ring is 1. The summed E-state index contributed by atoms with van der Waals surface area (Å²) in [4.78, 5) is 20.1. The summed E-state index contributed by atoms with van der Waals surface area (Å²) in [7, 11) is 2.18. The van der Waals surface area contributed by atoms with Crippen molar-refractivity contribution in [1.82, 2.24) is 20.5 Å². The fourth-order valence-electron chi connectivity index (χ4n) is 5.78. The third-order valence-electron chi connectivity index (χ3n) is 8.54. The molecule has 1 aromatic heterocycles. The third kappa shape index (κ3) is 7.08. The minimum Gasteiger partial charge on any atom is -0.383 e. The maximum atomic E-state index is 13.4. The van der Waals surface area contributed by atoms with Gasteiger partial charge in [0.2, 0.25) is 0 Å². The fourth-order valence-corrected chi connectivity index (χ4v) is 5.78. The van der Waals surface area contributed by atoms with Crippen LogP contribution in [0.4, 0.5) is 5.82 Å². The summed E-state index contributed by atoms with van der Waals surface area (Å²) < 4.78 is 6.27. The number of carbonyl (C=O) groups is 1. The summed E-state index contributed by atoms with van der Waals surface area (Å²) in [6.45, 7) is 7.87. The summed E-state index contributed by atoms with van der Waals surface area (Å²) in [5, 5.41) is 6.90. The van der Waals surface area contributed by atoms with Gasteiger partial charge in [0.1, 0.15) is 5.82 Å². The highest BCUT2D eigenvalue weighted by Crippen LogP contribution is 2.26. The van der Waals surface area contributed by atoms with Gasteiger partial charge in [0.05, 0.1) is 24.3 Å². The number of likely N-dealkylation sites (tertiary alicyclic amines) is 1. The molecule has 3 aromatic rings. The van der Waals surface area contributed by atoms with Gasteiger partial charge in [-0.1, -0.05) is 36.4 Å². The van der Waals surface area contributed by atoms with Gasteiger partial charge < -0.3 is 26.0 Å². The number of anilines is 1. The quantitative estimate of drug-likeness (QED) is 0.353. The van der Waals surface area contributed by atoms with Crippen LogP contribution in [-0.4, -0.2) is 54.1 Å². The van der Waals surface area contributed by atoms with Crippen LogP contribution in [0.1, 0.15) is 64.7 Å². The molecule has 0 radical (unpaired) electrons. The number of aryl methyl sites for hydroxylation is 2. The number of hydrogen-bond acceptors (Lipinski definition) is 6. The third-order valence-corrected chi connectivity index (χ3v) is 8.54. The van der Waals surface area contributed by atoms with Gasteiger partial charge in [-0.3, -0.25) is 4.79 Å². The second-order valence-corrected chi connectivity index (χ2v) is 11.6. The number of aromatic nitrogens is 1. The topological polar surface area (TPSA) is 92.5 Å². The summed E-state index contributed by atoms with van der Waals surface area (Å²) in [6.07, 6.45) is 6.93. The smallest absolute Gasteiger partial charge is 0.255 e. The zero-order chi connectivity index (χ0) is 28.1. The van der Waals surface area contributed by atoms with Crippen LogP contribution in [0.5, 0.6) is 0 Å². The Labute approximate surface area is 238 Å². The lowest BCUT2D eigenvalue weighted by atomic mass is 10.0. The average Bonchev–Trinajstić information content (AvgIpc) is 3.40.